The Labute approximate surface area is 147 Å². The number of rotatable bonds is 2. The lowest BCUT2D eigenvalue weighted by Gasteiger charge is -2.33. The zero-order chi connectivity index (χ0) is 16.8. The average molecular weight is 334 g/mol. The number of carbonyl (C=O) groups is 1. The molecule has 2 aromatic carbocycles. The molecule has 0 spiro atoms. The minimum Gasteiger partial charge on any atom is -0.491 e. The molecule has 5 rings (SSSR count). The lowest BCUT2D eigenvalue weighted by Crippen LogP contribution is -2.44. The third-order valence-electron chi connectivity index (χ3n) is 5.84. The lowest BCUT2D eigenvalue weighted by molar-refractivity contribution is 0.112. The Morgan fingerprint density at radius 3 is 3.08 bits per heavy atom. The van der Waals surface area contributed by atoms with E-state index in [9.17, 15) is 4.79 Å². The molecule has 25 heavy (non-hydrogen) atoms. The number of aldehydes is 1. The molecule has 3 aliphatic heterocycles. The molecule has 4 nitrogen and oxygen atoms in total. The first-order chi connectivity index (χ1) is 12.4. The van der Waals surface area contributed by atoms with Crippen molar-refractivity contribution in [2.75, 3.05) is 31.1 Å². The van der Waals surface area contributed by atoms with Gasteiger partial charge in [-0.3, -0.25) is 4.79 Å². The Kier molecular flexibility index (Phi) is 3.52. The Balaban J connectivity index is 1.70. The minimum absolute atomic E-state index is 0.507. The van der Waals surface area contributed by atoms with Crippen LogP contribution in [0.15, 0.2) is 36.4 Å². The van der Waals surface area contributed by atoms with E-state index in [1.807, 2.05) is 24.3 Å². The SMILES string of the molecule is O=Cc1ccccc1-c1cc2c3c(c1)[C@@H]1CNCC[C@@H]1N3CCCO2. The molecule has 0 radical (unpaired) electrons. The van der Waals surface area contributed by atoms with E-state index >= 15 is 0 Å². The first kappa shape index (κ1) is 15.0. The molecular weight excluding hydrogens is 312 g/mol. The minimum atomic E-state index is 0.507. The number of anilines is 1. The summed E-state index contributed by atoms with van der Waals surface area (Å²) in [5.74, 6) is 1.49. The number of ether oxygens (including phenoxy) is 1. The molecule has 2 atom stereocenters. The molecule has 3 aliphatic rings. The molecule has 1 N–H and O–H groups in total. The van der Waals surface area contributed by atoms with Gasteiger partial charge in [-0.25, -0.2) is 0 Å². The van der Waals surface area contributed by atoms with Crippen LogP contribution in [0.5, 0.6) is 5.75 Å². The molecule has 1 fully saturated rings. The molecule has 4 heteroatoms. The molecule has 0 amide bonds. The third kappa shape index (κ3) is 2.28. The van der Waals surface area contributed by atoms with Crippen LogP contribution < -0.4 is 15.0 Å². The van der Waals surface area contributed by atoms with Crippen LogP contribution in [0.3, 0.4) is 0 Å². The summed E-state index contributed by atoms with van der Waals surface area (Å²) in [5.41, 5.74) is 5.49. The van der Waals surface area contributed by atoms with Gasteiger partial charge in [0, 0.05) is 30.6 Å². The molecule has 0 bridgehead atoms. The van der Waals surface area contributed by atoms with Crippen LogP contribution in [0.4, 0.5) is 5.69 Å². The summed E-state index contributed by atoms with van der Waals surface area (Å²) in [6.07, 6.45) is 3.18. The molecule has 128 valence electrons. The van der Waals surface area contributed by atoms with Crippen molar-refractivity contribution in [1.29, 1.82) is 0 Å². The number of nitrogens with one attached hydrogen (secondary N) is 1. The van der Waals surface area contributed by atoms with Crippen LogP contribution in [0.1, 0.15) is 34.7 Å². The van der Waals surface area contributed by atoms with Gasteiger partial charge in [-0.1, -0.05) is 24.3 Å². The van der Waals surface area contributed by atoms with Crippen molar-refractivity contribution in [3.05, 3.63) is 47.5 Å². The van der Waals surface area contributed by atoms with E-state index in [1.165, 1.54) is 17.7 Å². The fraction of sp³-hybridized carbons (Fsp3) is 0.381. The number of fused-ring (bicyclic) bond motifs is 3. The Hall–Kier alpha value is -2.33. The summed E-state index contributed by atoms with van der Waals surface area (Å²) in [4.78, 5) is 14.1. The molecule has 0 unspecified atom stereocenters. The van der Waals surface area contributed by atoms with Crippen molar-refractivity contribution >= 4 is 12.0 Å². The smallest absolute Gasteiger partial charge is 0.150 e. The van der Waals surface area contributed by atoms with Gasteiger partial charge in [0.25, 0.3) is 0 Å². The van der Waals surface area contributed by atoms with Crippen LogP contribution in [0, 0.1) is 0 Å². The summed E-state index contributed by atoms with van der Waals surface area (Å²) in [5, 5.41) is 3.56. The Morgan fingerprint density at radius 2 is 2.16 bits per heavy atom. The average Bonchev–Trinajstić information content (AvgIpc) is 2.83. The van der Waals surface area contributed by atoms with Crippen LogP contribution in [-0.2, 0) is 0 Å². The van der Waals surface area contributed by atoms with Crippen molar-refractivity contribution in [2.45, 2.75) is 24.8 Å². The maximum absolute atomic E-state index is 11.5. The van der Waals surface area contributed by atoms with Crippen LogP contribution in [0.2, 0.25) is 0 Å². The monoisotopic (exact) mass is 334 g/mol. The van der Waals surface area contributed by atoms with Gasteiger partial charge in [0.15, 0.2) is 6.29 Å². The highest BCUT2D eigenvalue weighted by molar-refractivity contribution is 5.89. The molecule has 1 saturated heterocycles. The predicted molar refractivity (Wildman–Crippen MR) is 98.7 cm³/mol. The van der Waals surface area contributed by atoms with Crippen LogP contribution in [0.25, 0.3) is 11.1 Å². The zero-order valence-corrected chi connectivity index (χ0v) is 14.2. The molecule has 2 aromatic rings. The van der Waals surface area contributed by atoms with E-state index in [1.54, 1.807) is 0 Å². The van der Waals surface area contributed by atoms with Gasteiger partial charge in [0.1, 0.15) is 5.75 Å². The van der Waals surface area contributed by atoms with Gasteiger partial charge in [-0.05, 0) is 48.2 Å². The predicted octanol–water partition coefficient (Wildman–Crippen LogP) is 3.21. The highest BCUT2D eigenvalue weighted by Crippen LogP contribution is 2.51. The van der Waals surface area contributed by atoms with E-state index in [2.05, 4.69) is 22.3 Å². The van der Waals surface area contributed by atoms with Crippen molar-refractivity contribution in [2.24, 2.45) is 0 Å². The third-order valence-corrected chi connectivity index (χ3v) is 5.84. The lowest BCUT2D eigenvalue weighted by atomic mass is 9.88. The van der Waals surface area contributed by atoms with Gasteiger partial charge in [-0.2, -0.15) is 0 Å². The second kappa shape index (κ2) is 5.88. The maximum atomic E-state index is 11.5. The van der Waals surface area contributed by atoms with Crippen molar-refractivity contribution in [1.82, 2.24) is 5.32 Å². The number of carbonyl (C=O) groups excluding carboxylic acids is 1. The van der Waals surface area contributed by atoms with E-state index in [0.717, 1.165) is 61.4 Å². The maximum Gasteiger partial charge on any atom is 0.150 e. The molecule has 3 heterocycles. The quantitative estimate of drug-likeness (QED) is 0.856. The van der Waals surface area contributed by atoms with Crippen LogP contribution in [-0.4, -0.2) is 38.6 Å². The highest BCUT2D eigenvalue weighted by Gasteiger charge is 2.42. The van der Waals surface area contributed by atoms with Gasteiger partial charge in [0.2, 0.25) is 0 Å². The van der Waals surface area contributed by atoms with E-state index in [4.69, 9.17) is 4.74 Å². The molecule has 0 aromatic heterocycles. The van der Waals surface area contributed by atoms with Crippen LogP contribution >= 0.6 is 0 Å². The van der Waals surface area contributed by atoms with E-state index in [0.29, 0.717) is 12.0 Å². The summed E-state index contributed by atoms with van der Waals surface area (Å²) in [7, 11) is 0. The first-order valence-electron chi connectivity index (χ1n) is 9.19. The second-order valence-electron chi connectivity index (χ2n) is 7.18. The fourth-order valence-electron chi connectivity index (χ4n) is 4.74. The highest BCUT2D eigenvalue weighted by atomic mass is 16.5. The van der Waals surface area contributed by atoms with E-state index in [-0.39, 0.29) is 0 Å². The Bertz CT molecular complexity index is 833. The molecule has 0 aliphatic carbocycles. The summed E-state index contributed by atoms with van der Waals surface area (Å²) < 4.78 is 6.13. The summed E-state index contributed by atoms with van der Waals surface area (Å²) in [6, 6.07) is 12.8. The number of benzene rings is 2. The van der Waals surface area contributed by atoms with Gasteiger partial charge >= 0.3 is 0 Å². The number of piperidine rings is 1. The first-order valence-corrected chi connectivity index (χ1v) is 9.19. The van der Waals surface area contributed by atoms with Crippen molar-refractivity contribution in [3.8, 4) is 16.9 Å². The fourth-order valence-corrected chi connectivity index (χ4v) is 4.74. The van der Waals surface area contributed by atoms with Gasteiger partial charge in [-0.15, -0.1) is 0 Å². The topological polar surface area (TPSA) is 41.6 Å². The van der Waals surface area contributed by atoms with Crippen molar-refractivity contribution in [3.63, 3.8) is 0 Å². The number of hydrogen-bond donors (Lipinski definition) is 1. The molecule has 0 saturated carbocycles. The number of hydrogen-bond acceptors (Lipinski definition) is 4. The number of nitrogens with zero attached hydrogens (tertiary/aromatic N) is 1. The summed E-state index contributed by atoms with van der Waals surface area (Å²) in [6.45, 7) is 3.94. The standard InChI is InChI=1S/C21H22N2O2/c24-13-14-4-1-2-5-16(14)15-10-17-18-12-22-7-6-19(18)23-8-3-9-25-20(11-15)21(17)23/h1-2,4-5,10-11,13,18-19,22H,3,6-9,12H2/t18-,19-/m0/s1. The van der Waals surface area contributed by atoms with E-state index < -0.39 is 0 Å². The van der Waals surface area contributed by atoms with Crippen molar-refractivity contribution < 1.29 is 9.53 Å². The zero-order valence-electron chi connectivity index (χ0n) is 14.2. The normalized spacial score (nSPS) is 24.1. The second-order valence-corrected chi connectivity index (χ2v) is 7.18. The summed E-state index contributed by atoms with van der Waals surface area (Å²) >= 11 is 0. The Morgan fingerprint density at radius 1 is 1.24 bits per heavy atom. The molecular formula is C21H22N2O2. The van der Waals surface area contributed by atoms with Gasteiger partial charge in [0.05, 0.1) is 12.3 Å². The largest absolute Gasteiger partial charge is 0.491 e. The van der Waals surface area contributed by atoms with Gasteiger partial charge < -0.3 is 15.0 Å².